The van der Waals surface area contributed by atoms with Crippen molar-refractivity contribution in [2.45, 2.75) is 20.0 Å². The predicted octanol–water partition coefficient (Wildman–Crippen LogP) is 1.73. The van der Waals surface area contributed by atoms with Crippen LogP contribution in [0, 0.1) is 17.1 Å². The van der Waals surface area contributed by atoms with Gasteiger partial charge in [-0.25, -0.2) is 9.37 Å². The Morgan fingerprint density at radius 3 is 2.54 bits per heavy atom. The summed E-state index contributed by atoms with van der Waals surface area (Å²) in [5, 5.41) is 9.26. The van der Waals surface area contributed by atoms with Crippen molar-refractivity contribution in [1.82, 2.24) is 19.4 Å². The topological polar surface area (TPSA) is 103 Å². The van der Waals surface area contributed by atoms with Gasteiger partial charge >= 0.3 is 0 Å². The Morgan fingerprint density at radius 2 is 1.89 bits per heavy atom. The zero-order valence-corrected chi connectivity index (χ0v) is 19.6. The van der Waals surface area contributed by atoms with Crippen LogP contribution in [-0.4, -0.2) is 64.4 Å². The number of hydrogen-bond donors (Lipinski definition) is 0. The van der Waals surface area contributed by atoms with E-state index in [2.05, 4.69) is 9.88 Å². The number of hydrogen-bond acceptors (Lipinski definition) is 6. The molecule has 2 amide bonds. The molecule has 35 heavy (non-hydrogen) atoms. The molecular weight excluding hydrogens is 451 g/mol. The van der Waals surface area contributed by atoms with Crippen molar-refractivity contribution < 1.29 is 14.0 Å². The molecule has 4 rings (SSSR count). The average molecular weight is 477 g/mol. The van der Waals surface area contributed by atoms with Crippen LogP contribution in [0.4, 0.5) is 10.1 Å². The zero-order valence-electron chi connectivity index (χ0n) is 19.6. The second-order valence-corrected chi connectivity index (χ2v) is 8.55. The quantitative estimate of drug-likeness (QED) is 0.556. The summed E-state index contributed by atoms with van der Waals surface area (Å²) in [4.78, 5) is 47.1. The van der Waals surface area contributed by atoms with Crippen molar-refractivity contribution in [3.05, 3.63) is 70.0 Å². The number of fused-ring (bicyclic) bond motifs is 1. The molecule has 2 heterocycles. The van der Waals surface area contributed by atoms with Crippen LogP contribution in [-0.2, 0) is 22.7 Å². The van der Waals surface area contributed by atoms with Gasteiger partial charge in [0.15, 0.2) is 0 Å². The van der Waals surface area contributed by atoms with E-state index in [1.54, 1.807) is 43.1 Å². The van der Waals surface area contributed by atoms with E-state index in [-0.39, 0.29) is 36.0 Å². The fourth-order valence-electron chi connectivity index (χ4n) is 4.11. The molecule has 2 aromatic carbocycles. The first kappa shape index (κ1) is 23.9. The molecule has 0 spiro atoms. The highest BCUT2D eigenvalue weighted by Crippen LogP contribution is 2.20. The van der Waals surface area contributed by atoms with Gasteiger partial charge in [-0.2, -0.15) is 5.26 Å². The summed E-state index contributed by atoms with van der Waals surface area (Å²) < 4.78 is 15.1. The lowest BCUT2D eigenvalue weighted by Crippen LogP contribution is -2.48. The highest BCUT2D eigenvalue weighted by atomic mass is 19.1. The van der Waals surface area contributed by atoms with Gasteiger partial charge in [-0.05, 0) is 35.9 Å². The number of piperazine rings is 1. The summed E-state index contributed by atoms with van der Waals surface area (Å²) in [6, 6.07) is 11.4. The van der Waals surface area contributed by atoms with Gasteiger partial charge in [-0.3, -0.25) is 19.0 Å². The van der Waals surface area contributed by atoms with E-state index in [1.165, 1.54) is 27.9 Å². The number of aromatic nitrogens is 2. The molecule has 180 valence electrons. The van der Waals surface area contributed by atoms with E-state index >= 15 is 0 Å². The first-order valence-corrected chi connectivity index (χ1v) is 11.2. The number of likely N-dealkylation sites (N-methyl/N-ethyl adjacent to an activating group) is 1. The fourth-order valence-corrected chi connectivity index (χ4v) is 4.11. The van der Waals surface area contributed by atoms with E-state index in [1.807, 2.05) is 6.07 Å². The zero-order chi connectivity index (χ0) is 25.1. The lowest BCUT2D eigenvalue weighted by atomic mass is 10.1. The Bertz CT molecular complexity index is 1390. The van der Waals surface area contributed by atoms with Gasteiger partial charge in [-0.1, -0.05) is 6.07 Å². The number of halogens is 1. The van der Waals surface area contributed by atoms with Crippen molar-refractivity contribution in [1.29, 1.82) is 5.26 Å². The minimum absolute atomic E-state index is 0.0502. The number of rotatable bonds is 5. The molecule has 1 aromatic heterocycles. The van der Waals surface area contributed by atoms with Crippen LogP contribution in [0.15, 0.2) is 47.5 Å². The van der Waals surface area contributed by atoms with E-state index in [0.717, 1.165) is 5.69 Å². The average Bonchev–Trinajstić information content (AvgIpc) is 2.85. The monoisotopic (exact) mass is 476 g/mol. The van der Waals surface area contributed by atoms with Gasteiger partial charge in [0.2, 0.25) is 11.8 Å². The van der Waals surface area contributed by atoms with Crippen LogP contribution in [0.25, 0.3) is 10.9 Å². The summed E-state index contributed by atoms with van der Waals surface area (Å²) in [5.74, 6) is -0.928. The number of nitriles is 1. The highest BCUT2D eigenvalue weighted by molar-refractivity contribution is 5.82. The number of amides is 2. The Hall–Kier alpha value is -4.26. The molecule has 10 heteroatoms. The standard InChI is InChI=1S/C25H25FN6O3/c1-17(33)30-7-9-31(10-8-30)20-5-6-23-21(12-20)25(35)32(16-28-23)15-24(34)29(2)14-18-3-4-19(13-27)22(26)11-18/h3-6,11-12,16H,7-10,14-15H2,1-2H3. The minimum Gasteiger partial charge on any atom is -0.368 e. The van der Waals surface area contributed by atoms with Gasteiger partial charge < -0.3 is 14.7 Å². The van der Waals surface area contributed by atoms with E-state index in [9.17, 15) is 18.8 Å². The number of carbonyl (C=O) groups excluding carboxylic acids is 2. The molecule has 1 fully saturated rings. The van der Waals surface area contributed by atoms with E-state index < -0.39 is 5.82 Å². The van der Waals surface area contributed by atoms with E-state index in [0.29, 0.717) is 42.6 Å². The van der Waals surface area contributed by atoms with E-state index in [4.69, 9.17) is 5.26 Å². The molecule has 0 aliphatic carbocycles. The first-order valence-electron chi connectivity index (χ1n) is 11.2. The lowest BCUT2D eigenvalue weighted by molar-refractivity contribution is -0.131. The predicted molar refractivity (Wildman–Crippen MR) is 128 cm³/mol. The summed E-state index contributed by atoms with van der Waals surface area (Å²) in [7, 11) is 1.57. The Morgan fingerprint density at radius 1 is 1.14 bits per heavy atom. The van der Waals surface area contributed by atoms with Crippen LogP contribution in [0.1, 0.15) is 18.1 Å². The molecule has 1 aliphatic rings. The number of anilines is 1. The fraction of sp³-hybridized carbons (Fsp3) is 0.320. The lowest BCUT2D eigenvalue weighted by Gasteiger charge is -2.35. The third kappa shape index (κ3) is 5.14. The molecule has 1 aliphatic heterocycles. The molecule has 0 radical (unpaired) electrons. The molecule has 9 nitrogen and oxygen atoms in total. The Balaban J connectivity index is 1.49. The van der Waals surface area contributed by atoms with Crippen LogP contribution < -0.4 is 10.5 Å². The van der Waals surface area contributed by atoms with Crippen molar-refractivity contribution in [3.8, 4) is 6.07 Å². The first-order chi connectivity index (χ1) is 16.8. The summed E-state index contributed by atoms with van der Waals surface area (Å²) in [5.41, 5.74) is 1.55. The summed E-state index contributed by atoms with van der Waals surface area (Å²) in [6.45, 7) is 4.05. The molecule has 0 saturated carbocycles. The second-order valence-electron chi connectivity index (χ2n) is 8.55. The molecule has 0 bridgehead atoms. The maximum absolute atomic E-state index is 13.9. The van der Waals surface area contributed by atoms with Crippen molar-refractivity contribution >= 4 is 28.4 Å². The molecule has 0 unspecified atom stereocenters. The SMILES string of the molecule is CC(=O)N1CCN(c2ccc3ncn(CC(=O)N(C)Cc4ccc(C#N)c(F)c4)c(=O)c3c2)CC1. The maximum atomic E-state index is 13.9. The largest absolute Gasteiger partial charge is 0.368 e. The molecular formula is C25H25FN6O3. The van der Waals surface area contributed by atoms with Gasteiger partial charge in [0, 0.05) is 52.4 Å². The third-order valence-electron chi connectivity index (χ3n) is 6.20. The van der Waals surface area contributed by atoms with Crippen molar-refractivity contribution in [3.63, 3.8) is 0 Å². The number of carbonyl (C=O) groups is 2. The Kier molecular flexibility index (Phi) is 6.78. The normalized spacial score (nSPS) is 13.5. The van der Waals surface area contributed by atoms with Gasteiger partial charge in [0.25, 0.3) is 5.56 Å². The molecule has 1 saturated heterocycles. The maximum Gasteiger partial charge on any atom is 0.261 e. The highest BCUT2D eigenvalue weighted by Gasteiger charge is 2.20. The summed E-state index contributed by atoms with van der Waals surface area (Å²) in [6.07, 6.45) is 1.35. The van der Waals surface area contributed by atoms with Gasteiger partial charge in [0.1, 0.15) is 18.4 Å². The smallest absolute Gasteiger partial charge is 0.261 e. The molecule has 0 atom stereocenters. The molecule has 0 N–H and O–H groups in total. The van der Waals surface area contributed by atoms with Crippen molar-refractivity contribution in [2.75, 3.05) is 38.1 Å². The van der Waals surface area contributed by atoms with Gasteiger partial charge in [0.05, 0.1) is 22.8 Å². The third-order valence-corrected chi connectivity index (χ3v) is 6.20. The van der Waals surface area contributed by atoms with Crippen LogP contribution >= 0.6 is 0 Å². The second kappa shape index (κ2) is 9.93. The minimum atomic E-state index is -0.640. The van der Waals surface area contributed by atoms with Gasteiger partial charge in [-0.15, -0.1) is 0 Å². The van der Waals surface area contributed by atoms with Crippen LogP contribution in [0.3, 0.4) is 0 Å². The van der Waals surface area contributed by atoms with Crippen molar-refractivity contribution in [2.24, 2.45) is 0 Å². The number of nitrogens with zero attached hydrogens (tertiary/aromatic N) is 6. The number of benzene rings is 2. The van der Waals surface area contributed by atoms with Crippen LogP contribution in [0.2, 0.25) is 0 Å². The molecule has 3 aromatic rings. The van der Waals surface area contributed by atoms with Crippen LogP contribution in [0.5, 0.6) is 0 Å². The summed E-state index contributed by atoms with van der Waals surface area (Å²) >= 11 is 0. The Labute approximate surface area is 201 Å².